The van der Waals surface area contributed by atoms with E-state index >= 15 is 0 Å². The third-order valence-corrected chi connectivity index (χ3v) is 5.60. The van der Waals surface area contributed by atoms with Crippen molar-refractivity contribution in [3.8, 4) is 11.4 Å². The van der Waals surface area contributed by atoms with Gasteiger partial charge in [-0.05, 0) is 42.0 Å². The second kappa shape index (κ2) is 11.8. The van der Waals surface area contributed by atoms with Gasteiger partial charge < -0.3 is 15.7 Å². The van der Waals surface area contributed by atoms with E-state index in [2.05, 4.69) is 10.4 Å². The molecule has 0 saturated heterocycles. The van der Waals surface area contributed by atoms with Crippen LogP contribution in [0, 0.1) is 0 Å². The van der Waals surface area contributed by atoms with Crippen LogP contribution in [-0.2, 0) is 24.1 Å². The molecule has 0 aliphatic rings. The molecule has 1 aromatic heterocycles. The Morgan fingerprint density at radius 2 is 1.72 bits per heavy atom. The molecular formula is C23H20ClF6N5O4. The highest BCUT2D eigenvalue weighted by atomic mass is 35.5. The van der Waals surface area contributed by atoms with Crippen LogP contribution >= 0.6 is 11.6 Å². The molecule has 210 valence electrons. The van der Waals surface area contributed by atoms with Gasteiger partial charge in [-0.3, -0.25) is 9.36 Å². The van der Waals surface area contributed by atoms with Crippen molar-refractivity contribution in [2.24, 2.45) is 0 Å². The van der Waals surface area contributed by atoms with Crippen molar-refractivity contribution >= 4 is 23.6 Å². The molecule has 0 bridgehead atoms. The van der Waals surface area contributed by atoms with Gasteiger partial charge >= 0.3 is 24.1 Å². The lowest BCUT2D eigenvalue weighted by atomic mass is 10.0. The molecule has 0 radical (unpaired) electrons. The van der Waals surface area contributed by atoms with Crippen LogP contribution in [0.1, 0.15) is 23.6 Å². The van der Waals surface area contributed by atoms with E-state index in [0.29, 0.717) is 9.70 Å². The number of hydrogen-bond donors (Lipinski definition) is 3. The molecule has 16 heteroatoms. The van der Waals surface area contributed by atoms with Gasteiger partial charge in [-0.1, -0.05) is 23.7 Å². The van der Waals surface area contributed by atoms with E-state index in [1.54, 1.807) is 0 Å². The fraction of sp³-hybridized carbons (Fsp3) is 0.304. The standard InChI is InChI=1S/C23H20ClF6N5O4/c24-16-6-4-13(5-7-16)19-33-35(21(39)34(19)9-8-22(25,26)27)12-18(36)32-17(11-31-20(37)38)14-2-1-3-15(10-14)23(28,29)30/h1-7,10,17,31H,8-9,11-12H2,(H,32,36)(H,37,38). The number of carboxylic acid groups (broad SMARTS) is 1. The molecule has 2 aromatic carbocycles. The van der Waals surface area contributed by atoms with E-state index in [0.717, 1.165) is 22.8 Å². The highest BCUT2D eigenvalue weighted by Gasteiger charge is 2.32. The van der Waals surface area contributed by atoms with Crippen LogP contribution in [0.25, 0.3) is 11.4 Å². The first-order valence-electron chi connectivity index (χ1n) is 11.1. The molecule has 9 nitrogen and oxygen atoms in total. The molecule has 3 aromatic rings. The fourth-order valence-corrected chi connectivity index (χ4v) is 3.67. The van der Waals surface area contributed by atoms with Gasteiger partial charge in [0, 0.05) is 23.7 Å². The monoisotopic (exact) mass is 579 g/mol. The Balaban J connectivity index is 1.90. The number of halogens is 7. The first kappa shape index (κ1) is 29.5. The molecule has 3 rings (SSSR count). The van der Waals surface area contributed by atoms with Crippen LogP contribution in [0.15, 0.2) is 53.3 Å². The van der Waals surface area contributed by atoms with Gasteiger partial charge in [-0.15, -0.1) is 5.10 Å². The second-order valence-corrected chi connectivity index (χ2v) is 8.65. The van der Waals surface area contributed by atoms with Gasteiger partial charge in [0.15, 0.2) is 5.82 Å². The van der Waals surface area contributed by atoms with E-state index in [-0.39, 0.29) is 17.0 Å². The number of nitrogens with one attached hydrogen (secondary N) is 2. The van der Waals surface area contributed by atoms with E-state index < -0.39 is 67.7 Å². The number of nitrogens with zero attached hydrogens (tertiary/aromatic N) is 3. The maximum Gasteiger partial charge on any atom is 0.416 e. The summed E-state index contributed by atoms with van der Waals surface area (Å²) < 4.78 is 79.4. The Morgan fingerprint density at radius 1 is 1.05 bits per heavy atom. The van der Waals surface area contributed by atoms with Crippen molar-refractivity contribution in [3.05, 3.63) is 75.2 Å². The molecule has 3 N–H and O–H groups in total. The van der Waals surface area contributed by atoms with Crippen molar-refractivity contribution < 1.29 is 41.0 Å². The quantitative estimate of drug-likeness (QED) is 0.324. The van der Waals surface area contributed by atoms with Gasteiger partial charge in [0.1, 0.15) is 6.54 Å². The molecule has 1 atom stereocenters. The molecule has 1 heterocycles. The molecule has 2 amide bonds. The largest absolute Gasteiger partial charge is 0.465 e. The molecule has 0 spiro atoms. The minimum Gasteiger partial charge on any atom is -0.465 e. The number of carbonyl (C=O) groups is 2. The highest BCUT2D eigenvalue weighted by molar-refractivity contribution is 6.30. The molecule has 1 unspecified atom stereocenters. The Labute approximate surface area is 221 Å². The average molecular weight is 580 g/mol. The van der Waals surface area contributed by atoms with Crippen LogP contribution < -0.4 is 16.3 Å². The Kier molecular flexibility index (Phi) is 8.94. The summed E-state index contributed by atoms with van der Waals surface area (Å²) in [6, 6.07) is 8.23. The first-order valence-corrected chi connectivity index (χ1v) is 11.5. The summed E-state index contributed by atoms with van der Waals surface area (Å²) in [5, 5.41) is 17.5. The van der Waals surface area contributed by atoms with Crippen molar-refractivity contribution in [2.45, 2.75) is 37.9 Å². The third-order valence-electron chi connectivity index (χ3n) is 5.35. The Bertz CT molecular complexity index is 1390. The summed E-state index contributed by atoms with van der Waals surface area (Å²) in [5.74, 6) is -1.13. The van der Waals surface area contributed by atoms with E-state index in [9.17, 15) is 40.7 Å². The number of aromatic nitrogens is 3. The lowest BCUT2D eigenvalue weighted by Crippen LogP contribution is -2.40. The normalized spacial score (nSPS) is 12.7. The van der Waals surface area contributed by atoms with Crippen LogP contribution in [-0.4, -0.2) is 44.2 Å². The summed E-state index contributed by atoms with van der Waals surface area (Å²) >= 11 is 5.84. The van der Waals surface area contributed by atoms with Crippen LogP contribution in [0.5, 0.6) is 0 Å². The Morgan fingerprint density at radius 3 is 2.31 bits per heavy atom. The van der Waals surface area contributed by atoms with Crippen LogP contribution in [0.3, 0.4) is 0 Å². The van der Waals surface area contributed by atoms with Crippen LogP contribution in [0.2, 0.25) is 5.02 Å². The number of alkyl halides is 6. The number of amides is 2. The number of rotatable bonds is 9. The molecule has 0 saturated carbocycles. The minimum absolute atomic E-state index is 0.0863. The smallest absolute Gasteiger partial charge is 0.416 e. The summed E-state index contributed by atoms with van der Waals surface area (Å²) in [5.41, 5.74) is -1.93. The molecule has 0 fully saturated rings. The van der Waals surface area contributed by atoms with Gasteiger partial charge in [0.2, 0.25) is 5.91 Å². The van der Waals surface area contributed by atoms with E-state index in [1.807, 2.05) is 5.32 Å². The maximum atomic E-state index is 13.2. The van der Waals surface area contributed by atoms with Crippen molar-refractivity contribution in [2.75, 3.05) is 6.54 Å². The fourth-order valence-electron chi connectivity index (χ4n) is 3.55. The lowest BCUT2D eigenvalue weighted by molar-refractivity contribution is -0.138. The zero-order valence-corrected chi connectivity index (χ0v) is 20.4. The SMILES string of the molecule is O=C(O)NCC(NC(=O)Cn1nc(-c2ccc(Cl)cc2)n(CCC(F)(F)F)c1=O)c1cccc(C(F)(F)F)c1. The topological polar surface area (TPSA) is 118 Å². The zero-order chi connectivity index (χ0) is 29.0. The van der Waals surface area contributed by atoms with Crippen molar-refractivity contribution in [1.82, 2.24) is 25.0 Å². The van der Waals surface area contributed by atoms with E-state index in [4.69, 9.17) is 16.7 Å². The summed E-state index contributed by atoms with van der Waals surface area (Å²) in [4.78, 5) is 36.6. The number of hydrogen-bond acceptors (Lipinski definition) is 4. The van der Waals surface area contributed by atoms with Gasteiger partial charge in [0.05, 0.1) is 18.0 Å². The van der Waals surface area contributed by atoms with Gasteiger partial charge in [-0.2, -0.15) is 26.3 Å². The maximum absolute atomic E-state index is 13.2. The number of carbonyl (C=O) groups excluding carboxylic acids is 1. The van der Waals surface area contributed by atoms with Crippen molar-refractivity contribution in [1.29, 1.82) is 0 Å². The summed E-state index contributed by atoms with van der Waals surface area (Å²) in [6.45, 7) is -2.13. The van der Waals surface area contributed by atoms with Gasteiger partial charge in [-0.25, -0.2) is 14.3 Å². The zero-order valence-electron chi connectivity index (χ0n) is 19.7. The first-order chi connectivity index (χ1) is 18.1. The summed E-state index contributed by atoms with van der Waals surface area (Å²) in [7, 11) is 0. The van der Waals surface area contributed by atoms with E-state index in [1.165, 1.54) is 30.3 Å². The second-order valence-electron chi connectivity index (χ2n) is 8.22. The minimum atomic E-state index is -4.71. The highest BCUT2D eigenvalue weighted by Crippen LogP contribution is 2.31. The van der Waals surface area contributed by atoms with Gasteiger partial charge in [0.25, 0.3) is 0 Å². The summed E-state index contributed by atoms with van der Waals surface area (Å²) in [6.07, 6.45) is -12.2. The predicted molar refractivity (Wildman–Crippen MR) is 126 cm³/mol. The molecule has 0 aliphatic carbocycles. The van der Waals surface area contributed by atoms with Crippen LogP contribution in [0.4, 0.5) is 31.1 Å². The van der Waals surface area contributed by atoms with Crippen molar-refractivity contribution in [3.63, 3.8) is 0 Å². The predicted octanol–water partition coefficient (Wildman–Crippen LogP) is 4.46. The number of benzene rings is 2. The third kappa shape index (κ3) is 8.24. The Hall–Kier alpha value is -4.01. The average Bonchev–Trinajstić information content (AvgIpc) is 3.14. The molecule has 39 heavy (non-hydrogen) atoms. The molecule has 0 aliphatic heterocycles. The molecular weight excluding hydrogens is 560 g/mol. The lowest BCUT2D eigenvalue weighted by Gasteiger charge is -2.20.